The Kier molecular flexibility index (Phi) is 5.39. The Bertz CT molecular complexity index is 515. The van der Waals surface area contributed by atoms with Crippen LogP contribution in [0.2, 0.25) is 0 Å². The molecule has 1 aliphatic rings. The number of hydrogen-bond acceptors (Lipinski definition) is 2. The van der Waals surface area contributed by atoms with E-state index >= 15 is 0 Å². The maximum atomic E-state index is 12.2. The summed E-state index contributed by atoms with van der Waals surface area (Å²) in [5.74, 6) is -1.88. The van der Waals surface area contributed by atoms with Gasteiger partial charge in [0.2, 0.25) is 5.91 Å². The summed E-state index contributed by atoms with van der Waals surface area (Å²) in [6.07, 6.45) is 2.84. The zero-order chi connectivity index (χ0) is 15.4. The highest BCUT2D eigenvalue weighted by Crippen LogP contribution is 2.32. The minimum Gasteiger partial charge on any atom is -0.481 e. The molecule has 0 radical (unpaired) electrons. The Hall–Kier alpha value is -1.36. The predicted molar refractivity (Wildman–Crippen MR) is 83.9 cm³/mol. The standard InChI is InChI=1S/C16H20BrNO3/c1-10(9-11-5-7-12(17)8-6-11)18-15(19)13-3-2-4-14(13)16(20)21/h5-8,10,13-14H,2-4,9H2,1H3,(H,18,19)(H,20,21)/t10?,13-,14+/m1/s1. The van der Waals surface area contributed by atoms with Gasteiger partial charge in [-0.25, -0.2) is 0 Å². The van der Waals surface area contributed by atoms with E-state index in [0.29, 0.717) is 12.8 Å². The summed E-state index contributed by atoms with van der Waals surface area (Å²) in [6, 6.07) is 7.97. The van der Waals surface area contributed by atoms with Crippen LogP contribution in [-0.2, 0) is 16.0 Å². The summed E-state index contributed by atoms with van der Waals surface area (Å²) in [6.45, 7) is 1.95. The highest BCUT2D eigenvalue weighted by Gasteiger charge is 2.37. The molecule has 5 heteroatoms. The third-order valence-corrected chi connectivity index (χ3v) is 4.54. The quantitative estimate of drug-likeness (QED) is 0.854. The van der Waals surface area contributed by atoms with Crippen molar-refractivity contribution in [1.29, 1.82) is 0 Å². The summed E-state index contributed by atoms with van der Waals surface area (Å²) in [5, 5.41) is 12.1. The maximum Gasteiger partial charge on any atom is 0.307 e. The molecule has 4 nitrogen and oxygen atoms in total. The largest absolute Gasteiger partial charge is 0.481 e. The van der Waals surface area contributed by atoms with Gasteiger partial charge in [0.25, 0.3) is 0 Å². The fraction of sp³-hybridized carbons (Fsp3) is 0.500. The second-order valence-corrected chi connectivity index (χ2v) is 6.64. The fourth-order valence-electron chi connectivity index (χ4n) is 2.94. The van der Waals surface area contributed by atoms with Crippen LogP contribution < -0.4 is 5.32 Å². The first-order valence-corrected chi connectivity index (χ1v) is 8.04. The number of hydrogen-bond donors (Lipinski definition) is 2. The van der Waals surface area contributed by atoms with Crippen LogP contribution in [-0.4, -0.2) is 23.0 Å². The summed E-state index contributed by atoms with van der Waals surface area (Å²) >= 11 is 3.39. The highest BCUT2D eigenvalue weighted by molar-refractivity contribution is 9.10. The first kappa shape index (κ1) is 16.0. The fourth-order valence-corrected chi connectivity index (χ4v) is 3.21. The topological polar surface area (TPSA) is 66.4 Å². The lowest BCUT2D eigenvalue weighted by atomic mass is 9.95. The van der Waals surface area contributed by atoms with Gasteiger partial charge >= 0.3 is 5.97 Å². The number of rotatable bonds is 5. The second-order valence-electron chi connectivity index (χ2n) is 5.72. The van der Waals surface area contributed by atoms with Gasteiger partial charge in [-0.2, -0.15) is 0 Å². The van der Waals surface area contributed by atoms with Gasteiger partial charge in [-0.15, -0.1) is 0 Å². The van der Waals surface area contributed by atoms with Crippen molar-refractivity contribution in [2.75, 3.05) is 0 Å². The van der Waals surface area contributed by atoms with Crippen molar-refractivity contribution in [2.45, 2.75) is 38.6 Å². The van der Waals surface area contributed by atoms with Crippen LogP contribution in [0.5, 0.6) is 0 Å². The lowest BCUT2D eigenvalue weighted by molar-refractivity contribution is -0.146. The Balaban J connectivity index is 1.90. The Labute approximate surface area is 133 Å². The first-order chi connectivity index (χ1) is 9.97. The molecule has 1 unspecified atom stereocenters. The monoisotopic (exact) mass is 353 g/mol. The van der Waals surface area contributed by atoms with Gasteiger partial charge in [-0.1, -0.05) is 34.5 Å². The van der Waals surface area contributed by atoms with Crippen LogP contribution in [0, 0.1) is 11.8 Å². The molecule has 1 aromatic rings. The molecule has 21 heavy (non-hydrogen) atoms. The second kappa shape index (κ2) is 7.07. The van der Waals surface area contributed by atoms with E-state index in [1.165, 1.54) is 0 Å². The van der Waals surface area contributed by atoms with E-state index < -0.39 is 11.9 Å². The molecule has 1 fully saturated rings. The van der Waals surface area contributed by atoms with Crippen LogP contribution in [0.15, 0.2) is 28.7 Å². The normalized spacial score (nSPS) is 22.8. The molecule has 0 saturated heterocycles. The average molecular weight is 354 g/mol. The minimum atomic E-state index is -0.854. The molecule has 2 N–H and O–H groups in total. The number of carbonyl (C=O) groups is 2. The van der Waals surface area contributed by atoms with Gasteiger partial charge in [0.05, 0.1) is 11.8 Å². The van der Waals surface area contributed by atoms with E-state index in [1.807, 2.05) is 31.2 Å². The maximum absolute atomic E-state index is 12.2. The molecule has 2 rings (SSSR count). The Morgan fingerprint density at radius 2 is 1.90 bits per heavy atom. The number of amides is 1. The molecule has 1 amide bonds. The summed E-state index contributed by atoms with van der Waals surface area (Å²) in [5.41, 5.74) is 1.15. The number of carboxylic acids is 1. The number of halogens is 1. The molecule has 0 aromatic heterocycles. The number of nitrogens with one attached hydrogen (secondary N) is 1. The summed E-state index contributed by atoms with van der Waals surface area (Å²) in [7, 11) is 0. The molecule has 0 heterocycles. The third-order valence-electron chi connectivity index (χ3n) is 4.01. The number of carbonyl (C=O) groups excluding carboxylic acids is 1. The third kappa shape index (κ3) is 4.30. The van der Waals surface area contributed by atoms with Gasteiger partial charge < -0.3 is 10.4 Å². The molecule has 1 aliphatic carbocycles. The molecular formula is C16H20BrNO3. The highest BCUT2D eigenvalue weighted by atomic mass is 79.9. The molecule has 3 atom stereocenters. The van der Waals surface area contributed by atoms with Gasteiger partial charge in [0.1, 0.15) is 0 Å². The van der Waals surface area contributed by atoms with Crippen molar-refractivity contribution in [3.05, 3.63) is 34.3 Å². The van der Waals surface area contributed by atoms with Crippen LogP contribution in [0.1, 0.15) is 31.7 Å². The van der Waals surface area contributed by atoms with Gasteiger partial charge in [-0.05, 0) is 43.9 Å². The zero-order valence-electron chi connectivity index (χ0n) is 12.0. The van der Waals surface area contributed by atoms with Crippen molar-refractivity contribution in [3.8, 4) is 0 Å². The van der Waals surface area contributed by atoms with E-state index in [2.05, 4.69) is 21.2 Å². The Morgan fingerprint density at radius 1 is 1.29 bits per heavy atom. The van der Waals surface area contributed by atoms with Gasteiger partial charge in [0, 0.05) is 10.5 Å². The van der Waals surface area contributed by atoms with E-state index in [-0.39, 0.29) is 17.9 Å². The summed E-state index contributed by atoms with van der Waals surface area (Å²) < 4.78 is 1.03. The number of benzene rings is 1. The van der Waals surface area contributed by atoms with E-state index in [1.54, 1.807) is 0 Å². The van der Waals surface area contributed by atoms with Gasteiger partial charge in [-0.3, -0.25) is 9.59 Å². The molecular weight excluding hydrogens is 334 g/mol. The van der Waals surface area contributed by atoms with Crippen LogP contribution in [0.4, 0.5) is 0 Å². The zero-order valence-corrected chi connectivity index (χ0v) is 13.6. The van der Waals surface area contributed by atoms with E-state index in [4.69, 9.17) is 5.11 Å². The lowest BCUT2D eigenvalue weighted by Gasteiger charge is -2.20. The van der Waals surface area contributed by atoms with Crippen LogP contribution in [0.3, 0.4) is 0 Å². The molecule has 0 bridgehead atoms. The van der Waals surface area contributed by atoms with Gasteiger partial charge in [0.15, 0.2) is 0 Å². The molecule has 1 aromatic carbocycles. The van der Waals surface area contributed by atoms with Crippen molar-refractivity contribution in [1.82, 2.24) is 5.32 Å². The molecule has 1 saturated carbocycles. The van der Waals surface area contributed by atoms with Crippen molar-refractivity contribution in [2.24, 2.45) is 11.8 Å². The molecule has 114 valence electrons. The smallest absolute Gasteiger partial charge is 0.307 e. The molecule has 0 aliphatic heterocycles. The number of carboxylic acid groups (broad SMARTS) is 1. The SMILES string of the molecule is CC(Cc1ccc(Br)cc1)NC(=O)[C@@H]1CCC[C@@H]1C(=O)O. The van der Waals surface area contributed by atoms with Crippen molar-refractivity contribution in [3.63, 3.8) is 0 Å². The Morgan fingerprint density at radius 3 is 2.52 bits per heavy atom. The van der Waals surface area contributed by atoms with Crippen LogP contribution in [0.25, 0.3) is 0 Å². The summed E-state index contributed by atoms with van der Waals surface area (Å²) in [4.78, 5) is 23.4. The number of aliphatic carboxylic acids is 1. The average Bonchev–Trinajstić information content (AvgIpc) is 2.91. The van der Waals surface area contributed by atoms with Crippen molar-refractivity contribution < 1.29 is 14.7 Å². The van der Waals surface area contributed by atoms with Crippen molar-refractivity contribution >= 4 is 27.8 Å². The molecule has 0 spiro atoms. The van der Waals surface area contributed by atoms with E-state index in [0.717, 1.165) is 22.9 Å². The predicted octanol–water partition coefficient (Wildman–Crippen LogP) is 3.00. The minimum absolute atomic E-state index is 0.00581. The first-order valence-electron chi connectivity index (χ1n) is 7.25. The van der Waals surface area contributed by atoms with E-state index in [9.17, 15) is 9.59 Å². The van der Waals surface area contributed by atoms with Crippen LogP contribution >= 0.6 is 15.9 Å². The lowest BCUT2D eigenvalue weighted by Crippen LogP contribution is -2.40.